The van der Waals surface area contributed by atoms with Crippen LogP contribution < -0.4 is 14.8 Å². The number of hydrogen-bond acceptors (Lipinski definition) is 7. The molecule has 3 aromatic carbocycles. The highest BCUT2D eigenvalue weighted by Crippen LogP contribution is 2.26. The van der Waals surface area contributed by atoms with Crippen LogP contribution in [0.4, 0.5) is 0 Å². The predicted molar refractivity (Wildman–Crippen MR) is 153 cm³/mol. The zero-order chi connectivity index (χ0) is 29.2. The van der Waals surface area contributed by atoms with Crippen molar-refractivity contribution in [3.05, 3.63) is 90.0 Å². The lowest BCUT2D eigenvalue weighted by Crippen LogP contribution is -2.45. The monoisotopic (exact) mass is 581 g/mol. The van der Waals surface area contributed by atoms with Gasteiger partial charge in [-0.05, 0) is 54.4 Å². The van der Waals surface area contributed by atoms with Crippen LogP contribution in [0.3, 0.4) is 0 Å². The van der Waals surface area contributed by atoms with Gasteiger partial charge in [-0.2, -0.15) is 4.31 Å². The highest BCUT2D eigenvalue weighted by Gasteiger charge is 2.32. The molecule has 0 saturated carbocycles. The molecule has 11 heteroatoms. The van der Waals surface area contributed by atoms with Gasteiger partial charge in [-0.1, -0.05) is 42.5 Å². The molecule has 0 unspecified atom stereocenters. The molecule has 1 N–H and O–H groups in total. The summed E-state index contributed by atoms with van der Waals surface area (Å²) in [7, 11) is -2.07. The number of carbonyl (C=O) groups excluding carboxylic acids is 2. The van der Waals surface area contributed by atoms with E-state index in [2.05, 4.69) is 5.32 Å². The van der Waals surface area contributed by atoms with Crippen LogP contribution in [0.1, 0.15) is 24.1 Å². The number of carbonyl (C=O) groups is 2. The van der Waals surface area contributed by atoms with E-state index in [1.165, 1.54) is 33.5 Å². The molecule has 0 aliphatic carbocycles. The van der Waals surface area contributed by atoms with Crippen molar-refractivity contribution in [1.82, 2.24) is 14.5 Å². The molecular weight excluding hydrogens is 546 g/mol. The van der Waals surface area contributed by atoms with E-state index in [9.17, 15) is 18.0 Å². The Kier molecular flexibility index (Phi) is 10.3. The van der Waals surface area contributed by atoms with Crippen LogP contribution in [-0.4, -0.2) is 76.0 Å². The minimum Gasteiger partial charge on any atom is -0.497 e. The number of sulfonamides is 1. The fourth-order valence-electron chi connectivity index (χ4n) is 4.50. The van der Waals surface area contributed by atoms with Gasteiger partial charge in [0.25, 0.3) is 5.91 Å². The van der Waals surface area contributed by atoms with Crippen molar-refractivity contribution in [2.24, 2.45) is 0 Å². The second-order valence-corrected chi connectivity index (χ2v) is 11.3. The molecule has 41 heavy (non-hydrogen) atoms. The molecular formula is C30H35N3O7S. The lowest BCUT2D eigenvalue weighted by molar-refractivity contribution is -0.143. The molecule has 0 bridgehead atoms. The second kappa shape index (κ2) is 14.1. The minimum atomic E-state index is -3.65. The van der Waals surface area contributed by atoms with Gasteiger partial charge in [0.15, 0.2) is 6.61 Å². The van der Waals surface area contributed by atoms with Crippen molar-refractivity contribution in [2.75, 3.05) is 46.6 Å². The SMILES string of the molecule is CCNC(=O)[C@@H](c1ccccc1)N(Cc1ccc(OC)cc1)C(=O)COc1ccc(S(=O)(=O)N2CCOCC2)cc1. The Labute approximate surface area is 240 Å². The Morgan fingerprint density at radius 3 is 2.20 bits per heavy atom. The van der Waals surface area contributed by atoms with Crippen molar-refractivity contribution in [3.8, 4) is 11.5 Å². The summed E-state index contributed by atoms with van der Waals surface area (Å²) < 4.78 is 43.5. The number of ether oxygens (including phenoxy) is 3. The van der Waals surface area contributed by atoms with Gasteiger partial charge in [-0.15, -0.1) is 0 Å². The normalized spacial score (nSPS) is 14.6. The van der Waals surface area contributed by atoms with Gasteiger partial charge in [0, 0.05) is 26.2 Å². The van der Waals surface area contributed by atoms with E-state index >= 15 is 0 Å². The van der Waals surface area contributed by atoms with E-state index in [-0.39, 0.29) is 24.0 Å². The number of benzene rings is 3. The fourth-order valence-corrected chi connectivity index (χ4v) is 5.91. The Morgan fingerprint density at radius 1 is 0.951 bits per heavy atom. The van der Waals surface area contributed by atoms with Crippen LogP contribution in [0, 0.1) is 0 Å². The van der Waals surface area contributed by atoms with Gasteiger partial charge >= 0.3 is 0 Å². The minimum absolute atomic E-state index is 0.139. The third-order valence-electron chi connectivity index (χ3n) is 6.65. The zero-order valence-electron chi connectivity index (χ0n) is 23.2. The van der Waals surface area contributed by atoms with E-state index in [4.69, 9.17) is 14.2 Å². The fraction of sp³-hybridized carbons (Fsp3) is 0.333. The van der Waals surface area contributed by atoms with E-state index < -0.39 is 22.0 Å². The molecule has 1 fully saturated rings. The molecule has 1 saturated heterocycles. The van der Waals surface area contributed by atoms with Crippen molar-refractivity contribution in [2.45, 2.75) is 24.4 Å². The van der Waals surface area contributed by atoms with E-state index in [1.807, 2.05) is 49.4 Å². The maximum atomic E-state index is 13.7. The third kappa shape index (κ3) is 7.63. The molecule has 2 amide bonds. The summed E-state index contributed by atoms with van der Waals surface area (Å²) in [6.07, 6.45) is 0. The number of morpholine rings is 1. The standard InChI is InChI=1S/C30H35N3O7S/c1-3-31-30(35)29(24-7-5-4-6-8-24)33(21-23-9-11-25(38-2)12-10-23)28(34)22-40-26-13-15-27(16-14-26)41(36,37)32-17-19-39-20-18-32/h4-16,29H,3,17-22H2,1-2H3,(H,31,35)/t29-/m1/s1. The zero-order valence-corrected chi connectivity index (χ0v) is 24.0. The van der Waals surface area contributed by atoms with Gasteiger partial charge in [0.2, 0.25) is 15.9 Å². The number of amides is 2. The Morgan fingerprint density at radius 2 is 1.59 bits per heavy atom. The number of methoxy groups -OCH3 is 1. The summed E-state index contributed by atoms with van der Waals surface area (Å²) in [5, 5.41) is 2.84. The molecule has 0 aromatic heterocycles. The molecule has 4 rings (SSSR count). The molecule has 1 atom stereocenters. The van der Waals surface area contributed by atoms with Crippen LogP contribution in [0.25, 0.3) is 0 Å². The highest BCUT2D eigenvalue weighted by molar-refractivity contribution is 7.89. The van der Waals surface area contributed by atoms with Crippen molar-refractivity contribution in [1.29, 1.82) is 0 Å². The number of hydrogen-bond donors (Lipinski definition) is 1. The topological polar surface area (TPSA) is 114 Å². The molecule has 3 aromatic rings. The lowest BCUT2D eigenvalue weighted by atomic mass is 10.0. The Bertz CT molecular complexity index is 1390. The lowest BCUT2D eigenvalue weighted by Gasteiger charge is -2.31. The van der Waals surface area contributed by atoms with Crippen LogP contribution in [-0.2, 0) is 30.9 Å². The van der Waals surface area contributed by atoms with E-state index in [1.54, 1.807) is 19.2 Å². The van der Waals surface area contributed by atoms with Crippen molar-refractivity contribution < 1.29 is 32.2 Å². The second-order valence-electron chi connectivity index (χ2n) is 9.35. The largest absolute Gasteiger partial charge is 0.497 e. The van der Waals surface area contributed by atoms with Gasteiger partial charge < -0.3 is 24.4 Å². The highest BCUT2D eigenvalue weighted by atomic mass is 32.2. The Hall–Kier alpha value is -3.93. The Balaban J connectivity index is 1.54. The molecule has 1 heterocycles. The van der Waals surface area contributed by atoms with Gasteiger partial charge in [0.1, 0.15) is 17.5 Å². The number of rotatable bonds is 12. The van der Waals surface area contributed by atoms with Gasteiger partial charge in [-0.3, -0.25) is 9.59 Å². The average molecular weight is 582 g/mol. The molecule has 218 valence electrons. The third-order valence-corrected chi connectivity index (χ3v) is 8.57. The van der Waals surface area contributed by atoms with E-state index in [0.29, 0.717) is 49.9 Å². The van der Waals surface area contributed by atoms with Gasteiger partial charge in [-0.25, -0.2) is 8.42 Å². The number of nitrogens with one attached hydrogen (secondary N) is 1. The van der Waals surface area contributed by atoms with Crippen LogP contribution in [0.15, 0.2) is 83.8 Å². The molecule has 0 spiro atoms. The van der Waals surface area contributed by atoms with Gasteiger partial charge in [0.05, 0.1) is 25.2 Å². The van der Waals surface area contributed by atoms with Crippen LogP contribution in [0.5, 0.6) is 11.5 Å². The summed E-state index contributed by atoms with van der Waals surface area (Å²) in [5.41, 5.74) is 1.47. The smallest absolute Gasteiger partial charge is 0.261 e. The molecule has 1 aliphatic rings. The first-order chi connectivity index (χ1) is 19.8. The maximum absolute atomic E-state index is 13.7. The molecule has 0 radical (unpaired) electrons. The number of likely N-dealkylation sites (N-methyl/N-ethyl adjacent to an activating group) is 1. The summed E-state index contributed by atoms with van der Waals surface area (Å²) in [6, 6.07) is 21.4. The first kappa shape index (κ1) is 30.0. The quantitative estimate of drug-likeness (QED) is 0.350. The van der Waals surface area contributed by atoms with Crippen molar-refractivity contribution in [3.63, 3.8) is 0 Å². The van der Waals surface area contributed by atoms with E-state index in [0.717, 1.165) is 5.56 Å². The first-order valence-electron chi connectivity index (χ1n) is 13.4. The maximum Gasteiger partial charge on any atom is 0.261 e. The average Bonchev–Trinajstić information content (AvgIpc) is 3.01. The number of nitrogens with zero attached hydrogens (tertiary/aromatic N) is 2. The summed E-state index contributed by atoms with van der Waals surface area (Å²) in [5.74, 6) is 0.291. The van der Waals surface area contributed by atoms with Crippen LogP contribution in [0.2, 0.25) is 0 Å². The summed E-state index contributed by atoms with van der Waals surface area (Å²) in [4.78, 5) is 28.6. The summed E-state index contributed by atoms with van der Waals surface area (Å²) in [6.45, 7) is 3.34. The van der Waals surface area contributed by atoms with Crippen LogP contribution >= 0.6 is 0 Å². The summed E-state index contributed by atoms with van der Waals surface area (Å²) >= 11 is 0. The first-order valence-corrected chi connectivity index (χ1v) is 14.8. The molecule has 10 nitrogen and oxygen atoms in total. The predicted octanol–water partition coefficient (Wildman–Crippen LogP) is 3.00. The van der Waals surface area contributed by atoms with Crippen molar-refractivity contribution >= 4 is 21.8 Å². The molecule has 1 aliphatic heterocycles.